The summed E-state index contributed by atoms with van der Waals surface area (Å²) in [4.78, 5) is 3.32. The minimum absolute atomic E-state index is 0.291. The van der Waals surface area contributed by atoms with Crippen molar-refractivity contribution < 1.29 is 8.78 Å². The molecule has 0 aliphatic carbocycles. The highest BCUT2D eigenvalue weighted by Gasteiger charge is 2.11. The first-order valence-electron chi connectivity index (χ1n) is 7.05. The van der Waals surface area contributed by atoms with Gasteiger partial charge in [-0.1, -0.05) is 29.6 Å². The third-order valence-electron chi connectivity index (χ3n) is 3.18. The Labute approximate surface area is 147 Å². The predicted octanol–water partition coefficient (Wildman–Crippen LogP) is 6.14. The van der Waals surface area contributed by atoms with E-state index in [-0.39, 0.29) is 11.6 Å². The molecule has 3 aromatic carbocycles. The molecule has 24 heavy (non-hydrogen) atoms. The molecule has 0 aliphatic heterocycles. The molecule has 0 fully saturated rings. The minimum Gasteiger partial charge on any atom is -0.207 e. The Kier molecular flexibility index (Phi) is 5.19. The molecule has 0 spiro atoms. The SMILES string of the molecule is N#Cc1c(Sc2ccc(F)cc2)cccc1Sc1ccc(F)cc1. The van der Waals surface area contributed by atoms with E-state index in [0.29, 0.717) is 5.56 Å². The number of nitriles is 1. The Hall–Kier alpha value is -2.29. The molecule has 0 amide bonds. The van der Waals surface area contributed by atoms with E-state index in [0.717, 1.165) is 19.6 Å². The predicted molar refractivity (Wildman–Crippen MR) is 92.2 cm³/mol. The van der Waals surface area contributed by atoms with Crippen LogP contribution in [0.15, 0.2) is 86.3 Å². The van der Waals surface area contributed by atoms with Gasteiger partial charge in [0.2, 0.25) is 0 Å². The quantitative estimate of drug-likeness (QED) is 0.562. The van der Waals surface area contributed by atoms with Gasteiger partial charge in [0.1, 0.15) is 17.7 Å². The third-order valence-corrected chi connectivity index (χ3v) is 5.32. The average Bonchev–Trinajstić information content (AvgIpc) is 2.59. The van der Waals surface area contributed by atoms with Crippen molar-refractivity contribution in [1.29, 1.82) is 5.26 Å². The molecule has 5 heteroatoms. The van der Waals surface area contributed by atoms with Crippen LogP contribution in [0, 0.1) is 23.0 Å². The second-order valence-corrected chi connectivity index (χ2v) is 7.08. The van der Waals surface area contributed by atoms with Gasteiger partial charge in [0.15, 0.2) is 0 Å². The fourth-order valence-corrected chi connectivity index (χ4v) is 3.98. The van der Waals surface area contributed by atoms with E-state index in [2.05, 4.69) is 6.07 Å². The van der Waals surface area contributed by atoms with Gasteiger partial charge in [-0.3, -0.25) is 0 Å². The summed E-state index contributed by atoms with van der Waals surface area (Å²) in [5.41, 5.74) is 0.557. The van der Waals surface area contributed by atoms with Crippen molar-refractivity contribution in [3.05, 3.63) is 83.9 Å². The summed E-state index contributed by atoms with van der Waals surface area (Å²) in [6.45, 7) is 0. The van der Waals surface area contributed by atoms with Gasteiger partial charge in [0.25, 0.3) is 0 Å². The molecule has 0 heterocycles. The van der Waals surface area contributed by atoms with Crippen molar-refractivity contribution in [2.24, 2.45) is 0 Å². The molecule has 0 N–H and O–H groups in total. The van der Waals surface area contributed by atoms with Crippen LogP contribution in [0.2, 0.25) is 0 Å². The van der Waals surface area contributed by atoms with Crippen molar-refractivity contribution in [3.8, 4) is 6.07 Å². The van der Waals surface area contributed by atoms with Gasteiger partial charge in [-0.15, -0.1) is 0 Å². The highest BCUT2D eigenvalue weighted by molar-refractivity contribution is 8.00. The van der Waals surface area contributed by atoms with E-state index >= 15 is 0 Å². The first-order valence-corrected chi connectivity index (χ1v) is 8.69. The van der Waals surface area contributed by atoms with Gasteiger partial charge in [-0.25, -0.2) is 8.78 Å². The van der Waals surface area contributed by atoms with Gasteiger partial charge in [-0.2, -0.15) is 5.26 Å². The Morgan fingerprint density at radius 1 is 0.667 bits per heavy atom. The van der Waals surface area contributed by atoms with Crippen LogP contribution >= 0.6 is 23.5 Å². The van der Waals surface area contributed by atoms with Crippen LogP contribution in [0.1, 0.15) is 5.56 Å². The summed E-state index contributed by atoms with van der Waals surface area (Å²) in [5, 5.41) is 9.55. The second kappa shape index (κ2) is 7.52. The lowest BCUT2D eigenvalue weighted by atomic mass is 10.2. The number of hydrogen-bond donors (Lipinski definition) is 0. The lowest BCUT2D eigenvalue weighted by Crippen LogP contribution is -1.86. The monoisotopic (exact) mass is 355 g/mol. The second-order valence-electron chi connectivity index (χ2n) is 4.85. The van der Waals surface area contributed by atoms with Gasteiger partial charge < -0.3 is 0 Å². The van der Waals surface area contributed by atoms with Crippen LogP contribution in [0.5, 0.6) is 0 Å². The normalized spacial score (nSPS) is 10.4. The number of halogens is 2. The maximum absolute atomic E-state index is 13.0. The number of rotatable bonds is 4. The first kappa shape index (κ1) is 16.6. The van der Waals surface area contributed by atoms with E-state index in [1.165, 1.54) is 47.8 Å². The molecule has 3 rings (SSSR count). The molecule has 1 nitrogen and oxygen atoms in total. The Morgan fingerprint density at radius 2 is 1.08 bits per heavy atom. The smallest absolute Gasteiger partial charge is 0.123 e. The van der Waals surface area contributed by atoms with Gasteiger partial charge in [-0.05, 0) is 60.7 Å². The molecule has 0 bridgehead atoms. The van der Waals surface area contributed by atoms with Crippen LogP contribution in [0.25, 0.3) is 0 Å². The van der Waals surface area contributed by atoms with E-state index in [9.17, 15) is 14.0 Å². The van der Waals surface area contributed by atoms with Crippen LogP contribution in [-0.4, -0.2) is 0 Å². The zero-order valence-corrected chi connectivity index (χ0v) is 14.0. The zero-order chi connectivity index (χ0) is 16.9. The molecular weight excluding hydrogens is 344 g/mol. The van der Waals surface area contributed by atoms with Crippen LogP contribution in [-0.2, 0) is 0 Å². The molecule has 0 radical (unpaired) electrons. The molecule has 0 saturated carbocycles. The van der Waals surface area contributed by atoms with Crippen molar-refractivity contribution >= 4 is 23.5 Å². The van der Waals surface area contributed by atoms with Gasteiger partial charge >= 0.3 is 0 Å². The minimum atomic E-state index is -0.291. The fourth-order valence-electron chi connectivity index (χ4n) is 2.05. The zero-order valence-electron chi connectivity index (χ0n) is 12.4. The maximum Gasteiger partial charge on any atom is 0.123 e. The largest absolute Gasteiger partial charge is 0.207 e. The van der Waals surface area contributed by atoms with Crippen molar-refractivity contribution in [1.82, 2.24) is 0 Å². The first-order chi connectivity index (χ1) is 11.7. The molecule has 0 saturated heterocycles. The summed E-state index contributed by atoms with van der Waals surface area (Å²) in [7, 11) is 0. The lowest BCUT2D eigenvalue weighted by molar-refractivity contribution is 0.626. The van der Waals surface area contributed by atoms with Crippen LogP contribution in [0.3, 0.4) is 0 Å². The standard InChI is InChI=1S/C19H11F2NS2/c20-13-4-8-15(9-5-13)23-18-2-1-3-19(17(18)12-22)24-16-10-6-14(21)7-11-16/h1-11H. The van der Waals surface area contributed by atoms with E-state index in [1.807, 2.05) is 18.2 Å². The van der Waals surface area contributed by atoms with E-state index in [4.69, 9.17) is 0 Å². The fraction of sp³-hybridized carbons (Fsp3) is 0. The Bertz CT molecular complexity index is 819. The van der Waals surface area contributed by atoms with Gasteiger partial charge in [0, 0.05) is 19.6 Å². The molecular formula is C19H11F2NS2. The summed E-state index contributed by atoms with van der Waals surface area (Å²) < 4.78 is 26.0. The maximum atomic E-state index is 13.0. The average molecular weight is 355 g/mol. The molecule has 0 atom stereocenters. The number of benzene rings is 3. The molecule has 3 aromatic rings. The van der Waals surface area contributed by atoms with Crippen molar-refractivity contribution in [3.63, 3.8) is 0 Å². The summed E-state index contributed by atoms with van der Waals surface area (Å²) >= 11 is 2.82. The summed E-state index contributed by atoms with van der Waals surface area (Å²) in [5.74, 6) is -0.582. The van der Waals surface area contributed by atoms with E-state index in [1.54, 1.807) is 24.3 Å². The Morgan fingerprint density at radius 3 is 1.46 bits per heavy atom. The lowest BCUT2D eigenvalue weighted by Gasteiger charge is -2.09. The molecule has 0 unspecified atom stereocenters. The topological polar surface area (TPSA) is 23.8 Å². The van der Waals surface area contributed by atoms with E-state index < -0.39 is 0 Å². The summed E-state index contributed by atoms with van der Waals surface area (Å²) in [6, 6.07) is 20.1. The highest BCUT2D eigenvalue weighted by atomic mass is 32.2. The van der Waals surface area contributed by atoms with Gasteiger partial charge in [0.05, 0.1) is 5.56 Å². The van der Waals surface area contributed by atoms with Crippen LogP contribution in [0.4, 0.5) is 8.78 Å². The Balaban J connectivity index is 1.89. The molecule has 0 aliphatic rings. The summed E-state index contributed by atoms with van der Waals surface area (Å²) in [6.07, 6.45) is 0. The molecule has 0 aromatic heterocycles. The number of hydrogen-bond acceptors (Lipinski definition) is 3. The van der Waals surface area contributed by atoms with Crippen LogP contribution < -0.4 is 0 Å². The van der Waals surface area contributed by atoms with Crippen molar-refractivity contribution in [2.45, 2.75) is 19.6 Å². The third kappa shape index (κ3) is 3.97. The molecule has 118 valence electrons. The number of nitrogens with zero attached hydrogens (tertiary/aromatic N) is 1. The highest BCUT2D eigenvalue weighted by Crippen LogP contribution is 2.37. The van der Waals surface area contributed by atoms with Crippen molar-refractivity contribution in [2.75, 3.05) is 0 Å².